The van der Waals surface area contributed by atoms with Gasteiger partial charge in [0.15, 0.2) is 0 Å². The van der Waals surface area contributed by atoms with E-state index in [0.717, 1.165) is 11.3 Å². The molecule has 0 aliphatic rings. The molecule has 0 fully saturated rings. The highest BCUT2D eigenvalue weighted by molar-refractivity contribution is 6.39. The van der Waals surface area contributed by atoms with Crippen molar-refractivity contribution >= 4 is 35.3 Å². The van der Waals surface area contributed by atoms with Crippen molar-refractivity contribution in [1.82, 2.24) is 5.43 Å². The lowest BCUT2D eigenvalue weighted by atomic mass is 10.2. The number of nitrogens with one attached hydrogen (secondary N) is 2. The maximum atomic E-state index is 11.7. The lowest BCUT2D eigenvalue weighted by molar-refractivity contribution is -0.136. The van der Waals surface area contributed by atoms with Gasteiger partial charge < -0.3 is 10.1 Å². The van der Waals surface area contributed by atoms with Crippen molar-refractivity contribution in [3.05, 3.63) is 59.1 Å². The van der Waals surface area contributed by atoms with Crippen LogP contribution in [0.25, 0.3) is 0 Å². The van der Waals surface area contributed by atoms with E-state index >= 15 is 0 Å². The number of hydrazone groups is 1. The summed E-state index contributed by atoms with van der Waals surface area (Å²) in [6.07, 6.45) is 1.43. The zero-order valence-electron chi connectivity index (χ0n) is 13.0. The molecule has 0 aromatic heterocycles. The molecule has 0 unspecified atom stereocenters. The molecule has 124 valence electrons. The van der Waals surface area contributed by atoms with E-state index in [1.807, 2.05) is 6.92 Å². The Kier molecular flexibility index (Phi) is 6.33. The molecule has 2 aromatic rings. The highest BCUT2D eigenvalue weighted by Crippen LogP contribution is 2.13. The summed E-state index contributed by atoms with van der Waals surface area (Å²) >= 11 is 5.75. The Bertz CT molecular complexity index is 728. The van der Waals surface area contributed by atoms with Crippen molar-refractivity contribution in [1.29, 1.82) is 0 Å². The highest BCUT2D eigenvalue weighted by Gasteiger charge is 2.12. The van der Waals surface area contributed by atoms with Gasteiger partial charge in [-0.25, -0.2) is 5.43 Å². The number of hydrogen-bond acceptors (Lipinski definition) is 4. The molecule has 2 rings (SSSR count). The van der Waals surface area contributed by atoms with Gasteiger partial charge in [-0.3, -0.25) is 9.59 Å². The van der Waals surface area contributed by atoms with Gasteiger partial charge in [0.05, 0.1) is 12.8 Å². The van der Waals surface area contributed by atoms with Crippen LogP contribution in [0.3, 0.4) is 0 Å². The number of benzene rings is 2. The maximum Gasteiger partial charge on any atom is 0.329 e. The first-order chi connectivity index (χ1) is 11.6. The number of halogens is 1. The van der Waals surface area contributed by atoms with Crippen LogP contribution in [-0.2, 0) is 9.59 Å². The van der Waals surface area contributed by atoms with E-state index in [1.54, 1.807) is 48.5 Å². The number of ether oxygens (including phenoxy) is 1. The third kappa shape index (κ3) is 5.40. The van der Waals surface area contributed by atoms with Crippen LogP contribution < -0.4 is 15.5 Å². The molecule has 0 radical (unpaired) electrons. The van der Waals surface area contributed by atoms with Crippen LogP contribution in [0.4, 0.5) is 5.69 Å². The van der Waals surface area contributed by atoms with Crippen LogP contribution in [0.2, 0.25) is 5.02 Å². The normalized spacial score (nSPS) is 10.4. The van der Waals surface area contributed by atoms with Crippen molar-refractivity contribution in [2.24, 2.45) is 5.10 Å². The van der Waals surface area contributed by atoms with E-state index in [-0.39, 0.29) is 0 Å². The number of hydrogen-bond donors (Lipinski definition) is 2. The number of carbonyl (C=O) groups excluding carboxylic acids is 2. The SMILES string of the molecule is CCOc1ccc(/C=N/NC(=O)C(=O)Nc2ccc(Cl)cc2)cc1. The van der Waals surface area contributed by atoms with E-state index in [9.17, 15) is 9.59 Å². The van der Waals surface area contributed by atoms with Crippen molar-refractivity contribution in [2.75, 3.05) is 11.9 Å². The molecule has 0 saturated heterocycles. The molecule has 0 aliphatic carbocycles. The topological polar surface area (TPSA) is 79.8 Å². The Hall–Kier alpha value is -2.86. The fourth-order valence-corrected chi connectivity index (χ4v) is 1.88. The molecule has 2 amide bonds. The summed E-state index contributed by atoms with van der Waals surface area (Å²) in [5.41, 5.74) is 3.39. The largest absolute Gasteiger partial charge is 0.494 e. The predicted molar refractivity (Wildman–Crippen MR) is 93.4 cm³/mol. The van der Waals surface area contributed by atoms with Gasteiger partial charge in [-0.05, 0) is 61.0 Å². The summed E-state index contributed by atoms with van der Waals surface area (Å²) in [4.78, 5) is 23.4. The van der Waals surface area contributed by atoms with Crippen LogP contribution in [0.15, 0.2) is 53.6 Å². The molecule has 7 heteroatoms. The molecule has 6 nitrogen and oxygen atoms in total. The van der Waals surface area contributed by atoms with Gasteiger partial charge in [0, 0.05) is 10.7 Å². The fraction of sp³-hybridized carbons (Fsp3) is 0.118. The molecule has 24 heavy (non-hydrogen) atoms. The molecule has 0 spiro atoms. The van der Waals surface area contributed by atoms with Gasteiger partial charge >= 0.3 is 11.8 Å². The molecule has 0 aliphatic heterocycles. The Labute approximate surface area is 144 Å². The molecule has 0 bridgehead atoms. The van der Waals surface area contributed by atoms with Crippen LogP contribution in [-0.4, -0.2) is 24.6 Å². The minimum atomic E-state index is -0.868. The monoisotopic (exact) mass is 345 g/mol. The van der Waals surface area contributed by atoms with Gasteiger partial charge in [-0.15, -0.1) is 0 Å². The average molecular weight is 346 g/mol. The first-order valence-corrected chi connectivity index (χ1v) is 7.59. The number of amides is 2. The Balaban J connectivity index is 1.85. The Morgan fingerprint density at radius 3 is 2.38 bits per heavy atom. The maximum absolute atomic E-state index is 11.7. The van der Waals surface area contributed by atoms with Crippen LogP contribution in [0.5, 0.6) is 5.75 Å². The molecule has 0 atom stereocenters. The smallest absolute Gasteiger partial charge is 0.329 e. The van der Waals surface area contributed by atoms with Gasteiger partial charge in [-0.2, -0.15) is 5.10 Å². The molecule has 2 aromatic carbocycles. The molecule has 2 N–H and O–H groups in total. The molecule has 0 saturated carbocycles. The number of nitrogens with zero attached hydrogens (tertiary/aromatic N) is 1. The fourth-order valence-electron chi connectivity index (χ4n) is 1.75. The number of carbonyl (C=O) groups is 2. The van der Waals surface area contributed by atoms with E-state index in [2.05, 4.69) is 15.8 Å². The summed E-state index contributed by atoms with van der Waals surface area (Å²) in [5.74, 6) is -0.936. The minimum Gasteiger partial charge on any atom is -0.494 e. The quantitative estimate of drug-likeness (QED) is 0.497. The van der Waals surface area contributed by atoms with Crippen LogP contribution >= 0.6 is 11.6 Å². The summed E-state index contributed by atoms with van der Waals surface area (Å²) in [5, 5.41) is 6.73. The van der Waals surface area contributed by atoms with E-state index in [0.29, 0.717) is 17.3 Å². The highest BCUT2D eigenvalue weighted by atomic mass is 35.5. The second-order valence-corrected chi connectivity index (χ2v) is 5.10. The van der Waals surface area contributed by atoms with Gasteiger partial charge in [0.1, 0.15) is 5.75 Å². The first-order valence-electron chi connectivity index (χ1n) is 7.21. The van der Waals surface area contributed by atoms with Crippen molar-refractivity contribution in [2.45, 2.75) is 6.92 Å². The Morgan fingerprint density at radius 1 is 1.08 bits per heavy atom. The van der Waals surface area contributed by atoms with Gasteiger partial charge in [0.2, 0.25) is 0 Å². The van der Waals surface area contributed by atoms with Gasteiger partial charge in [0.25, 0.3) is 0 Å². The number of rotatable bonds is 5. The second kappa shape index (κ2) is 8.69. The van der Waals surface area contributed by atoms with Crippen LogP contribution in [0.1, 0.15) is 12.5 Å². The average Bonchev–Trinajstić information content (AvgIpc) is 2.58. The third-order valence-electron chi connectivity index (χ3n) is 2.88. The number of anilines is 1. The minimum absolute atomic E-state index is 0.468. The van der Waals surface area contributed by atoms with Gasteiger partial charge in [-0.1, -0.05) is 11.6 Å². The summed E-state index contributed by atoms with van der Waals surface area (Å²) in [6, 6.07) is 13.6. The molecular formula is C17H16ClN3O3. The van der Waals surface area contributed by atoms with E-state index < -0.39 is 11.8 Å². The summed E-state index contributed by atoms with van der Waals surface area (Å²) < 4.78 is 5.32. The van der Waals surface area contributed by atoms with E-state index in [4.69, 9.17) is 16.3 Å². The summed E-state index contributed by atoms with van der Waals surface area (Å²) in [7, 11) is 0. The zero-order chi connectivity index (χ0) is 17.4. The lowest BCUT2D eigenvalue weighted by Gasteiger charge is -2.04. The molecule has 0 heterocycles. The summed E-state index contributed by atoms with van der Waals surface area (Å²) in [6.45, 7) is 2.49. The second-order valence-electron chi connectivity index (χ2n) is 4.66. The van der Waals surface area contributed by atoms with Crippen molar-refractivity contribution in [3.8, 4) is 5.75 Å². The standard InChI is InChI=1S/C17H16ClN3O3/c1-2-24-15-9-3-12(4-10-15)11-19-21-17(23)16(22)20-14-7-5-13(18)6-8-14/h3-11H,2H2,1H3,(H,20,22)(H,21,23)/b19-11+. The lowest BCUT2D eigenvalue weighted by Crippen LogP contribution is -2.32. The third-order valence-corrected chi connectivity index (χ3v) is 3.13. The first kappa shape index (κ1) is 17.5. The predicted octanol–water partition coefficient (Wildman–Crippen LogP) is 2.83. The Morgan fingerprint density at radius 2 is 1.75 bits per heavy atom. The molecular weight excluding hydrogens is 330 g/mol. The zero-order valence-corrected chi connectivity index (χ0v) is 13.7. The van der Waals surface area contributed by atoms with E-state index in [1.165, 1.54) is 6.21 Å². The van der Waals surface area contributed by atoms with Crippen LogP contribution in [0, 0.1) is 0 Å². The van der Waals surface area contributed by atoms with Crippen molar-refractivity contribution < 1.29 is 14.3 Å². The van der Waals surface area contributed by atoms with Crippen molar-refractivity contribution in [3.63, 3.8) is 0 Å².